The number of carbonyl (C=O) groups excluding carboxylic acids is 2. The Bertz CT molecular complexity index is 1260. The molecule has 0 spiro atoms. The number of aryl methyl sites for hydroxylation is 1. The van der Waals surface area contributed by atoms with Crippen molar-refractivity contribution in [1.29, 1.82) is 0 Å². The van der Waals surface area contributed by atoms with Crippen molar-refractivity contribution in [2.75, 3.05) is 7.05 Å². The number of Topliss-reactive ketones (excluding diaryl/α,β-unsaturated/α-hetero) is 1. The van der Waals surface area contributed by atoms with Crippen LogP contribution in [-0.4, -0.2) is 29.8 Å². The Labute approximate surface area is 196 Å². The third kappa shape index (κ3) is 4.31. The average molecular weight is 463 g/mol. The van der Waals surface area contributed by atoms with E-state index in [-0.39, 0.29) is 35.3 Å². The lowest BCUT2D eigenvalue weighted by atomic mass is 10.0. The van der Waals surface area contributed by atoms with Crippen molar-refractivity contribution in [2.24, 2.45) is 5.92 Å². The second kappa shape index (κ2) is 8.52. The van der Waals surface area contributed by atoms with Crippen LogP contribution in [0.5, 0.6) is 17.2 Å². The molecule has 0 bridgehead atoms. The number of fused-ring (bicyclic) bond motifs is 3. The smallest absolute Gasteiger partial charge is 0.269 e. The van der Waals surface area contributed by atoms with Gasteiger partial charge in [0.15, 0.2) is 0 Å². The van der Waals surface area contributed by atoms with Gasteiger partial charge in [0, 0.05) is 54.6 Å². The molecule has 0 radical (unpaired) electrons. The van der Waals surface area contributed by atoms with Gasteiger partial charge >= 0.3 is 0 Å². The molecule has 5 rings (SSSR count). The van der Waals surface area contributed by atoms with Crippen LogP contribution in [0.4, 0.5) is 0 Å². The van der Waals surface area contributed by atoms with Gasteiger partial charge in [0.05, 0.1) is 0 Å². The molecule has 6 nitrogen and oxygen atoms in total. The maximum absolute atomic E-state index is 12.7. The molecule has 0 saturated heterocycles. The first-order valence-electron chi connectivity index (χ1n) is 10.9. The van der Waals surface area contributed by atoms with Gasteiger partial charge in [-0.05, 0) is 48.4 Å². The van der Waals surface area contributed by atoms with E-state index in [1.54, 1.807) is 19.2 Å². The molecule has 1 amide bonds. The first-order chi connectivity index (χ1) is 15.9. The van der Waals surface area contributed by atoms with Crippen LogP contribution < -0.4 is 14.8 Å². The number of nitrogens with one attached hydrogen (secondary N) is 1. The Balaban J connectivity index is 1.24. The van der Waals surface area contributed by atoms with E-state index in [2.05, 4.69) is 10.3 Å². The highest BCUT2D eigenvalue weighted by molar-refractivity contribution is 6.31. The first-order valence-corrected chi connectivity index (χ1v) is 11.2. The predicted molar refractivity (Wildman–Crippen MR) is 124 cm³/mol. The topological polar surface area (TPSA) is 77.5 Å². The number of pyridine rings is 1. The van der Waals surface area contributed by atoms with Crippen LogP contribution in [0, 0.1) is 12.8 Å². The average Bonchev–Trinajstić information content (AvgIpc) is 3.32. The number of amides is 1. The van der Waals surface area contributed by atoms with Gasteiger partial charge in [0.1, 0.15) is 34.8 Å². The summed E-state index contributed by atoms with van der Waals surface area (Å²) >= 11 is 6.08. The highest BCUT2D eigenvalue weighted by Gasteiger charge is 2.58. The Kier molecular flexibility index (Phi) is 5.54. The van der Waals surface area contributed by atoms with Crippen molar-refractivity contribution < 1.29 is 19.1 Å². The number of benzene rings is 2. The molecule has 3 atom stereocenters. The van der Waals surface area contributed by atoms with Crippen LogP contribution in [0.1, 0.15) is 39.5 Å². The Morgan fingerprint density at radius 2 is 1.94 bits per heavy atom. The first kappa shape index (κ1) is 21.5. The molecule has 1 aliphatic carbocycles. The number of hydrogen-bond donors (Lipinski definition) is 1. The summed E-state index contributed by atoms with van der Waals surface area (Å²) in [4.78, 5) is 28.5. The van der Waals surface area contributed by atoms with Gasteiger partial charge in [-0.15, -0.1) is 0 Å². The molecule has 168 valence electrons. The minimum Gasteiger partial charge on any atom is -0.489 e. The fraction of sp³-hybridized carbons (Fsp3) is 0.269. The zero-order valence-corrected chi connectivity index (χ0v) is 19.1. The summed E-state index contributed by atoms with van der Waals surface area (Å²) in [6.45, 7) is 1.94. The maximum Gasteiger partial charge on any atom is 0.269 e. The van der Waals surface area contributed by atoms with Crippen molar-refractivity contribution >= 4 is 23.3 Å². The molecule has 33 heavy (non-hydrogen) atoms. The molecule has 0 unspecified atom stereocenters. The summed E-state index contributed by atoms with van der Waals surface area (Å²) < 4.78 is 12.0. The third-order valence-electron chi connectivity index (χ3n) is 6.21. The molecule has 1 saturated carbocycles. The largest absolute Gasteiger partial charge is 0.489 e. The van der Waals surface area contributed by atoms with Crippen LogP contribution in [0.25, 0.3) is 0 Å². The van der Waals surface area contributed by atoms with E-state index >= 15 is 0 Å². The number of ketones is 1. The van der Waals surface area contributed by atoms with Crippen LogP contribution in [0.15, 0.2) is 54.7 Å². The fourth-order valence-corrected chi connectivity index (χ4v) is 4.62. The second-order valence-corrected chi connectivity index (χ2v) is 8.94. The minimum absolute atomic E-state index is 0.0481. The van der Waals surface area contributed by atoms with Crippen molar-refractivity contribution in [3.63, 3.8) is 0 Å². The van der Waals surface area contributed by atoms with Crippen LogP contribution >= 0.6 is 11.6 Å². The molecular formula is C26H23ClN2O4. The summed E-state index contributed by atoms with van der Waals surface area (Å²) in [5.41, 5.74) is 3.32. The highest BCUT2D eigenvalue weighted by Crippen LogP contribution is 2.60. The normalized spacial score (nSPS) is 19.8. The lowest BCUT2D eigenvalue weighted by Crippen LogP contribution is -2.18. The van der Waals surface area contributed by atoms with E-state index in [1.807, 2.05) is 43.3 Å². The summed E-state index contributed by atoms with van der Waals surface area (Å²) in [5.74, 6) is 2.35. The number of hydrogen-bond acceptors (Lipinski definition) is 5. The molecule has 2 aromatic carbocycles. The Morgan fingerprint density at radius 3 is 2.73 bits per heavy atom. The minimum atomic E-state index is -0.273. The molecule has 2 heterocycles. The summed E-state index contributed by atoms with van der Waals surface area (Å²) in [5, 5.41) is 3.26. The number of aromatic nitrogens is 1. The van der Waals surface area contributed by atoms with E-state index in [9.17, 15) is 9.59 Å². The number of rotatable bonds is 7. The monoisotopic (exact) mass is 462 g/mol. The van der Waals surface area contributed by atoms with E-state index in [4.69, 9.17) is 21.1 Å². The lowest BCUT2D eigenvalue weighted by Gasteiger charge is -2.11. The summed E-state index contributed by atoms with van der Waals surface area (Å²) in [6.07, 6.45) is 2.48. The van der Waals surface area contributed by atoms with Crippen LogP contribution in [0.2, 0.25) is 5.02 Å². The standard InChI is InChI=1S/C26H23ClN2O4/c1-14-9-15(3-5-21(14)27)10-16(30)11-20-24-19-12-17(4-6-23(19)33-25(20)24)32-18-7-8-29-22(13-18)26(31)28-2/h3-9,12-13,20,24-25H,10-11H2,1-2H3,(H,28,31)/t20-,24-,25+/m0/s1. The molecule has 7 heteroatoms. The Morgan fingerprint density at radius 1 is 1.12 bits per heavy atom. The van der Waals surface area contributed by atoms with Gasteiger partial charge in [-0.1, -0.05) is 23.7 Å². The second-order valence-electron chi connectivity index (χ2n) is 8.53. The van der Waals surface area contributed by atoms with Gasteiger partial charge in [-0.2, -0.15) is 0 Å². The van der Waals surface area contributed by atoms with Crippen molar-refractivity contribution in [1.82, 2.24) is 10.3 Å². The molecular weight excluding hydrogens is 440 g/mol. The van der Waals surface area contributed by atoms with Gasteiger partial charge in [0.25, 0.3) is 5.91 Å². The van der Waals surface area contributed by atoms with Gasteiger partial charge in [-0.3, -0.25) is 14.6 Å². The van der Waals surface area contributed by atoms with E-state index in [1.165, 1.54) is 6.20 Å². The molecule has 2 aliphatic rings. The molecule has 1 aliphatic heterocycles. The lowest BCUT2D eigenvalue weighted by molar-refractivity contribution is -0.118. The molecule has 1 fully saturated rings. The number of halogens is 1. The van der Waals surface area contributed by atoms with Gasteiger partial charge < -0.3 is 14.8 Å². The maximum atomic E-state index is 12.7. The van der Waals surface area contributed by atoms with Crippen LogP contribution in [-0.2, 0) is 11.2 Å². The zero-order valence-electron chi connectivity index (χ0n) is 18.3. The van der Waals surface area contributed by atoms with Crippen molar-refractivity contribution in [3.8, 4) is 17.2 Å². The zero-order chi connectivity index (χ0) is 23.1. The fourth-order valence-electron chi connectivity index (χ4n) is 4.50. The summed E-state index contributed by atoms with van der Waals surface area (Å²) in [6, 6.07) is 14.7. The van der Waals surface area contributed by atoms with E-state index in [0.717, 1.165) is 22.4 Å². The molecule has 3 aromatic rings. The third-order valence-corrected chi connectivity index (χ3v) is 6.64. The number of carbonyl (C=O) groups is 2. The van der Waals surface area contributed by atoms with E-state index in [0.29, 0.717) is 29.4 Å². The number of nitrogens with zero attached hydrogens (tertiary/aromatic N) is 1. The van der Waals surface area contributed by atoms with Crippen LogP contribution in [0.3, 0.4) is 0 Å². The Hall–Kier alpha value is -3.38. The van der Waals surface area contributed by atoms with Gasteiger partial charge in [0.2, 0.25) is 0 Å². The van der Waals surface area contributed by atoms with Crippen molar-refractivity contribution in [2.45, 2.75) is 31.8 Å². The highest BCUT2D eigenvalue weighted by atomic mass is 35.5. The predicted octanol–water partition coefficient (Wildman–Crippen LogP) is 4.87. The molecule has 1 N–H and O–H groups in total. The van der Waals surface area contributed by atoms with Crippen molar-refractivity contribution in [3.05, 3.63) is 82.1 Å². The SMILES string of the molecule is CNC(=O)c1cc(Oc2ccc3c(c2)[C@H]2[C@H](CC(=O)Cc4ccc(Cl)c(C)c4)[C@H]2O3)ccn1. The van der Waals surface area contributed by atoms with E-state index < -0.39 is 0 Å². The molecule has 1 aromatic heterocycles. The number of ether oxygens (including phenoxy) is 2. The quantitative estimate of drug-likeness (QED) is 0.542. The van der Waals surface area contributed by atoms with Gasteiger partial charge in [-0.25, -0.2) is 0 Å². The summed E-state index contributed by atoms with van der Waals surface area (Å²) in [7, 11) is 1.56.